The molecule has 0 heterocycles. The maximum Gasteiger partial charge on any atom is 0.432 e. The fourth-order valence-electron chi connectivity index (χ4n) is 0.816. The molecule has 0 amide bonds. The van der Waals surface area contributed by atoms with Gasteiger partial charge in [0.15, 0.2) is 0 Å². The molecule has 0 aliphatic carbocycles. The highest BCUT2D eigenvalue weighted by Crippen LogP contribution is 2.32. The van der Waals surface area contributed by atoms with E-state index in [9.17, 15) is 35.9 Å². The predicted octanol–water partition coefficient (Wildman–Crippen LogP) is 3.72. The summed E-state index contributed by atoms with van der Waals surface area (Å²) in [5, 5.41) is 0. The largest absolute Gasteiger partial charge is 0.463 e. The number of rotatable bonds is 6. The second-order valence-electron chi connectivity index (χ2n) is 3.97. The van der Waals surface area contributed by atoms with Crippen molar-refractivity contribution in [2.24, 2.45) is 0 Å². The molecule has 0 aromatic heterocycles. The first-order valence-electron chi connectivity index (χ1n) is 6.03. The lowest BCUT2D eigenvalue weighted by atomic mass is 10.2. The van der Waals surface area contributed by atoms with Crippen molar-refractivity contribution in [3.05, 3.63) is 24.8 Å². The van der Waals surface area contributed by atoms with Gasteiger partial charge >= 0.3 is 24.2 Å². The number of hydrogen-bond acceptors (Lipinski definition) is 4. The minimum atomic E-state index is -5.11. The molecule has 0 aliphatic heterocycles. The molecule has 1 unspecified atom stereocenters. The van der Waals surface area contributed by atoms with Gasteiger partial charge in [-0.1, -0.05) is 13.2 Å². The second kappa shape index (κ2) is 9.90. The lowest BCUT2D eigenvalue weighted by Crippen LogP contribution is -2.38. The van der Waals surface area contributed by atoms with E-state index >= 15 is 0 Å². The van der Waals surface area contributed by atoms with E-state index in [2.05, 4.69) is 22.6 Å². The maximum absolute atomic E-state index is 12.4. The lowest BCUT2D eigenvalue weighted by Gasteiger charge is -2.20. The molecule has 23 heavy (non-hydrogen) atoms. The summed E-state index contributed by atoms with van der Waals surface area (Å²) in [5.41, 5.74) is 0.451. The Kier molecular flexibility index (Phi) is 10.0. The Bertz CT molecular complexity index is 431. The number of esters is 2. The molecule has 10 heteroatoms. The van der Waals surface area contributed by atoms with E-state index in [0.717, 1.165) is 0 Å². The van der Waals surface area contributed by atoms with Crippen molar-refractivity contribution in [3.63, 3.8) is 0 Å². The third kappa shape index (κ3) is 12.2. The summed E-state index contributed by atoms with van der Waals surface area (Å²) in [6, 6.07) is 0. The van der Waals surface area contributed by atoms with Crippen LogP contribution in [0.4, 0.5) is 26.3 Å². The van der Waals surface area contributed by atoms with Gasteiger partial charge in [0.2, 0.25) is 6.17 Å². The van der Waals surface area contributed by atoms with Crippen molar-refractivity contribution in [1.29, 1.82) is 0 Å². The standard InChI is InChI=1S/C7H6F6O2.C6H10O2/c1-2-5(14)15-7(12,13)4(8)3-6(9,10)11;1-4-8-6(7)5(2)3/h2,4H,1,3H2;2,4H2,1,3H3. The third-order valence-corrected chi connectivity index (χ3v) is 1.80. The normalized spacial score (nSPS) is 12.3. The van der Waals surface area contributed by atoms with Crippen molar-refractivity contribution in [3.8, 4) is 0 Å². The summed E-state index contributed by atoms with van der Waals surface area (Å²) in [5.74, 6) is -2.02. The molecule has 4 nitrogen and oxygen atoms in total. The van der Waals surface area contributed by atoms with Crippen LogP contribution in [-0.2, 0) is 19.1 Å². The molecule has 0 saturated heterocycles. The number of alkyl halides is 6. The fourth-order valence-corrected chi connectivity index (χ4v) is 0.816. The van der Waals surface area contributed by atoms with Crippen molar-refractivity contribution in [1.82, 2.24) is 0 Å². The van der Waals surface area contributed by atoms with Gasteiger partial charge in [-0.15, -0.1) is 0 Å². The van der Waals surface area contributed by atoms with Crippen molar-refractivity contribution < 1.29 is 45.4 Å². The molecule has 0 N–H and O–H groups in total. The fraction of sp³-hybridized carbons (Fsp3) is 0.538. The third-order valence-electron chi connectivity index (χ3n) is 1.80. The van der Waals surface area contributed by atoms with Crippen LogP contribution < -0.4 is 0 Å². The van der Waals surface area contributed by atoms with Gasteiger partial charge in [-0.05, 0) is 13.8 Å². The Labute approximate surface area is 128 Å². The summed E-state index contributed by atoms with van der Waals surface area (Å²) in [6.45, 7) is 9.94. The Balaban J connectivity index is 0. The molecule has 0 radical (unpaired) electrons. The first kappa shape index (κ1) is 23.3. The van der Waals surface area contributed by atoms with E-state index in [-0.39, 0.29) is 12.0 Å². The van der Waals surface area contributed by atoms with E-state index < -0.39 is 30.8 Å². The lowest BCUT2D eigenvalue weighted by molar-refractivity contribution is -0.274. The minimum Gasteiger partial charge on any atom is -0.463 e. The average molecular weight is 350 g/mol. The molecule has 0 saturated carbocycles. The maximum atomic E-state index is 12.4. The zero-order valence-electron chi connectivity index (χ0n) is 12.4. The smallest absolute Gasteiger partial charge is 0.432 e. The average Bonchev–Trinajstić information content (AvgIpc) is 2.37. The highest BCUT2D eigenvalue weighted by molar-refractivity contribution is 5.86. The van der Waals surface area contributed by atoms with Crippen LogP contribution in [0.2, 0.25) is 0 Å². The molecule has 134 valence electrons. The first-order valence-corrected chi connectivity index (χ1v) is 6.03. The SMILES string of the molecule is C=C(C)C(=O)OCC.C=CC(=O)OC(F)(F)C(F)CC(F)(F)F. The van der Waals surface area contributed by atoms with Crippen LogP contribution in [0.15, 0.2) is 24.8 Å². The van der Waals surface area contributed by atoms with Gasteiger partial charge in [-0.2, -0.15) is 22.0 Å². The van der Waals surface area contributed by atoms with E-state index in [4.69, 9.17) is 0 Å². The molecule has 0 aliphatic rings. The number of hydrogen-bond donors (Lipinski definition) is 0. The summed E-state index contributed by atoms with van der Waals surface area (Å²) in [4.78, 5) is 20.7. The van der Waals surface area contributed by atoms with E-state index in [1.165, 1.54) is 0 Å². The number of carbonyl (C=O) groups is 2. The number of carbonyl (C=O) groups excluding carboxylic acids is 2. The van der Waals surface area contributed by atoms with Gasteiger partial charge in [-0.3, -0.25) is 0 Å². The summed E-state index contributed by atoms with van der Waals surface area (Å²) >= 11 is 0. The van der Waals surface area contributed by atoms with Gasteiger partial charge in [0.1, 0.15) is 0 Å². The molecular formula is C13H16F6O4. The highest BCUT2D eigenvalue weighted by Gasteiger charge is 2.49. The van der Waals surface area contributed by atoms with Crippen LogP contribution in [0.5, 0.6) is 0 Å². The first-order chi connectivity index (χ1) is 10.3. The van der Waals surface area contributed by atoms with E-state index in [1.807, 2.05) is 0 Å². The van der Waals surface area contributed by atoms with Gasteiger partial charge in [0, 0.05) is 11.6 Å². The Morgan fingerprint density at radius 1 is 1.22 bits per heavy atom. The summed E-state index contributed by atoms with van der Waals surface area (Å²) in [6.07, 6.45) is -15.7. The Morgan fingerprint density at radius 2 is 1.70 bits per heavy atom. The van der Waals surface area contributed by atoms with Gasteiger partial charge in [0.05, 0.1) is 13.0 Å². The molecule has 0 bridgehead atoms. The molecule has 0 aromatic rings. The van der Waals surface area contributed by atoms with Gasteiger partial charge in [0.25, 0.3) is 0 Å². The van der Waals surface area contributed by atoms with Crippen LogP contribution in [-0.4, -0.2) is 37.0 Å². The number of halogens is 6. The molecule has 0 rings (SSSR count). The molecule has 0 fully saturated rings. The van der Waals surface area contributed by atoms with Crippen molar-refractivity contribution in [2.45, 2.75) is 38.7 Å². The van der Waals surface area contributed by atoms with Crippen LogP contribution in [0.3, 0.4) is 0 Å². The molecule has 1 atom stereocenters. The predicted molar refractivity (Wildman–Crippen MR) is 68.3 cm³/mol. The topological polar surface area (TPSA) is 52.6 Å². The summed E-state index contributed by atoms with van der Waals surface area (Å²) in [7, 11) is 0. The Morgan fingerprint density at radius 3 is 1.96 bits per heavy atom. The van der Waals surface area contributed by atoms with Crippen molar-refractivity contribution in [2.75, 3.05) is 6.61 Å². The zero-order chi connectivity index (χ0) is 18.8. The minimum absolute atomic E-state index is 0.286. The van der Waals surface area contributed by atoms with E-state index in [1.54, 1.807) is 13.8 Å². The van der Waals surface area contributed by atoms with Crippen molar-refractivity contribution >= 4 is 11.9 Å². The second-order valence-corrected chi connectivity index (χ2v) is 3.97. The molecule has 0 spiro atoms. The van der Waals surface area contributed by atoms with Gasteiger partial charge in [-0.25, -0.2) is 14.0 Å². The number of ether oxygens (including phenoxy) is 2. The van der Waals surface area contributed by atoms with Crippen LogP contribution >= 0.6 is 0 Å². The van der Waals surface area contributed by atoms with Crippen LogP contribution in [0, 0.1) is 0 Å². The molecule has 0 aromatic carbocycles. The van der Waals surface area contributed by atoms with Crippen LogP contribution in [0.25, 0.3) is 0 Å². The Hall–Kier alpha value is -2.00. The monoisotopic (exact) mass is 350 g/mol. The summed E-state index contributed by atoms with van der Waals surface area (Å²) < 4.78 is 79.5. The van der Waals surface area contributed by atoms with E-state index in [0.29, 0.717) is 12.2 Å². The van der Waals surface area contributed by atoms with Gasteiger partial charge < -0.3 is 9.47 Å². The highest BCUT2D eigenvalue weighted by atomic mass is 19.4. The quantitative estimate of drug-likeness (QED) is 0.416. The van der Waals surface area contributed by atoms with Crippen LogP contribution in [0.1, 0.15) is 20.3 Å². The zero-order valence-corrected chi connectivity index (χ0v) is 12.4. The molecular weight excluding hydrogens is 334 g/mol.